The quantitative estimate of drug-likeness (QED) is 0.173. The fourth-order valence-corrected chi connectivity index (χ4v) is 11.5. The first-order valence-corrected chi connectivity index (χ1v) is 22.0. The standard InChI is InChI=1S/C55H37N3S2/c1-55(2)44-26-24-36(29-41(44)42-31-52-53(32-45(42)55)60-51-23-12-11-22-50(51)59-52)37-25-27-49-43(30-37)40-20-9-10-21-48(40)58(49)39-19-13-18-38(28-39)47-33-46(34-14-5-3-6-15-34)56-54(57-47)35-16-7-4-8-17-35/h3-33H,1-2H3. The first kappa shape index (κ1) is 35.3. The molecule has 3 nitrogen and oxygen atoms in total. The maximum absolute atomic E-state index is 5.15. The second-order valence-corrected chi connectivity index (χ2v) is 18.4. The molecule has 60 heavy (non-hydrogen) atoms. The van der Waals surface area contributed by atoms with Gasteiger partial charge in [-0.15, -0.1) is 0 Å². The summed E-state index contributed by atoms with van der Waals surface area (Å²) in [4.78, 5) is 15.6. The van der Waals surface area contributed by atoms with Gasteiger partial charge >= 0.3 is 0 Å². The van der Waals surface area contributed by atoms with Crippen LogP contribution in [0.15, 0.2) is 208 Å². The Balaban J connectivity index is 0.958. The summed E-state index contributed by atoms with van der Waals surface area (Å²) >= 11 is 3.80. The van der Waals surface area contributed by atoms with E-state index in [1.165, 1.54) is 74.8 Å². The Morgan fingerprint density at radius 2 is 1.00 bits per heavy atom. The molecule has 0 saturated carbocycles. The van der Waals surface area contributed by atoms with E-state index in [2.05, 4.69) is 182 Å². The average Bonchev–Trinajstić information content (AvgIpc) is 3.75. The fraction of sp³-hybridized carbons (Fsp3) is 0.0545. The average molecular weight is 804 g/mol. The Labute approximate surface area is 357 Å². The summed E-state index contributed by atoms with van der Waals surface area (Å²) in [7, 11) is 0. The first-order chi connectivity index (χ1) is 29.5. The molecule has 0 N–H and O–H groups in total. The van der Waals surface area contributed by atoms with Gasteiger partial charge in [0.15, 0.2) is 5.82 Å². The van der Waals surface area contributed by atoms with Gasteiger partial charge in [0.25, 0.3) is 0 Å². The molecule has 0 radical (unpaired) electrons. The first-order valence-electron chi connectivity index (χ1n) is 20.4. The summed E-state index contributed by atoms with van der Waals surface area (Å²) in [6, 6.07) is 68.1. The van der Waals surface area contributed by atoms with Crippen LogP contribution in [0.25, 0.3) is 83.6 Å². The van der Waals surface area contributed by atoms with Crippen LogP contribution < -0.4 is 0 Å². The molecule has 10 aromatic rings. The third kappa shape index (κ3) is 5.68. The van der Waals surface area contributed by atoms with E-state index in [4.69, 9.17) is 9.97 Å². The van der Waals surface area contributed by atoms with E-state index in [9.17, 15) is 0 Å². The number of rotatable bonds is 5. The van der Waals surface area contributed by atoms with Gasteiger partial charge in [0, 0.05) is 58.1 Å². The van der Waals surface area contributed by atoms with Crippen LogP contribution in [0, 0.1) is 0 Å². The molecule has 0 fully saturated rings. The zero-order chi connectivity index (χ0) is 40.0. The number of hydrogen-bond donors (Lipinski definition) is 0. The van der Waals surface area contributed by atoms with Gasteiger partial charge in [-0.25, -0.2) is 9.97 Å². The van der Waals surface area contributed by atoms with Gasteiger partial charge in [-0.1, -0.05) is 159 Å². The van der Waals surface area contributed by atoms with Crippen LogP contribution in [0.2, 0.25) is 0 Å². The summed E-state index contributed by atoms with van der Waals surface area (Å²) < 4.78 is 2.40. The molecular weight excluding hydrogens is 767 g/mol. The van der Waals surface area contributed by atoms with E-state index in [0.29, 0.717) is 5.82 Å². The van der Waals surface area contributed by atoms with Crippen LogP contribution in [0.3, 0.4) is 0 Å². The lowest BCUT2D eigenvalue weighted by Crippen LogP contribution is -2.15. The fourth-order valence-electron chi connectivity index (χ4n) is 9.26. The van der Waals surface area contributed by atoms with E-state index in [0.717, 1.165) is 33.8 Å². The highest BCUT2D eigenvalue weighted by atomic mass is 32.2. The Morgan fingerprint density at radius 1 is 0.400 bits per heavy atom. The van der Waals surface area contributed by atoms with Crippen molar-refractivity contribution in [2.24, 2.45) is 0 Å². The maximum atomic E-state index is 5.15. The van der Waals surface area contributed by atoms with Crippen molar-refractivity contribution in [2.75, 3.05) is 0 Å². The maximum Gasteiger partial charge on any atom is 0.160 e. The highest BCUT2D eigenvalue weighted by Gasteiger charge is 2.37. The van der Waals surface area contributed by atoms with Gasteiger partial charge < -0.3 is 4.57 Å². The third-order valence-electron chi connectivity index (χ3n) is 12.3. The molecule has 2 aliphatic rings. The van der Waals surface area contributed by atoms with Gasteiger partial charge in [-0.2, -0.15) is 0 Å². The number of hydrogen-bond acceptors (Lipinski definition) is 4. The van der Waals surface area contributed by atoms with Crippen LogP contribution in [-0.2, 0) is 5.41 Å². The molecule has 284 valence electrons. The zero-order valence-corrected chi connectivity index (χ0v) is 34.7. The van der Waals surface area contributed by atoms with E-state index >= 15 is 0 Å². The minimum absolute atomic E-state index is 0.0790. The number of nitrogens with zero attached hydrogens (tertiary/aromatic N) is 3. The smallest absolute Gasteiger partial charge is 0.160 e. The summed E-state index contributed by atoms with van der Waals surface area (Å²) in [5.74, 6) is 0.711. The van der Waals surface area contributed by atoms with Crippen LogP contribution in [0.5, 0.6) is 0 Å². The highest BCUT2D eigenvalue weighted by molar-refractivity contribution is 8.05. The zero-order valence-electron chi connectivity index (χ0n) is 33.1. The van der Waals surface area contributed by atoms with Crippen LogP contribution in [0.4, 0.5) is 0 Å². The largest absolute Gasteiger partial charge is 0.309 e. The number of para-hydroxylation sites is 1. The molecule has 12 rings (SSSR count). The molecule has 0 bridgehead atoms. The molecule has 1 aliphatic heterocycles. The topological polar surface area (TPSA) is 30.7 Å². The molecule has 8 aromatic carbocycles. The highest BCUT2D eigenvalue weighted by Crippen LogP contribution is 2.56. The summed E-state index contributed by atoms with van der Waals surface area (Å²) in [5.41, 5.74) is 16.2. The van der Waals surface area contributed by atoms with Crippen molar-refractivity contribution in [1.82, 2.24) is 14.5 Å². The SMILES string of the molecule is CC1(C)c2ccc(-c3ccc4c(c3)c3ccccc3n4-c3cccc(-c4cc(-c5ccccc5)nc(-c5ccccc5)n4)c3)cc2-c2cc3c(cc21)Sc1ccccc1S3. The molecule has 0 atom stereocenters. The Kier molecular flexibility index (Phi) is 8.06. The minimum atomic E-state index is -0.0790. The molecular formula is C55H37N3S2. The molecule has 2 aromatic heterocycles. The van der Waals surface area contributed by atoms with Crippen molar-refractivity contribution in [3.8, 4) is 61.8 Å². The van der Waals surface area contributed by atoms with E-state index in [1.807, 2.05) is 47.8 Å². The van der Waals surface area contributed by atoms with Crippen molar-refractivity contribution in [3.05, 3.63) is 199 Å². The monoisotopic (exact) mass is 803 g/mol. The normalized spacial score (nSPS) is 13.5. The van der Waals surface area contributed by atoms with E-state index < -0.39 is 0 Å². The van der Waals surface area contributed by atoms with Crippen molar-refractivity contribution in [3.63, 3.8) is 0 Å². The van der Waals surface area contributed by atoms with Gasteiger partial charge in [0.1, 0.15) is 0 Å². The molecule has 0 unspecified atom stereocenters. The number of fused-ring (bicyclic) bond motifs is 8. The molecule has 1 aliphatic carbocycles. The van der Waals surface area contributed by atoms with E-state index in [-0.39, 0.29) is 5.41 Å². The van der Waals surface area contributed by atoms with Crippen molar-refractivity contribution in [1.29, 1.82) is 0 Å². The molecule has 3 heterocycles. The van der Waals surface area contributed by atoms with E-state index in [1.54, 1.807) is 0 Å². The van der Waals surface area contributed by atoms with Gasteiger partial charge in [-0.05, 0) is 100 Å². The molecule has 0 saturated heterocycles. The van der Waals surface area contributed by atoms with Crippen LogP contribution >= 0.6 is 23.5 Å². The van der Waals surface area contributed by atoms with Crippen molar-refractivity contribution in [2.45, 2.75) is 38.8 Å². The lowest BCUT2D eigenvalue weighted by atomic mass is 9.82. The summed E-state index contributed by atoms with van der Waals surface area (Å²) in [6.07, 6.45) is 0. The third-order valence-corrected chi connectivity index (χ3v) is 14.8. The Hall–Kier alpha value is -6.66. The Bertz CT molecular complexity index is 3290. The lowest BCUT2D eigenvalue weighted by Gasteiger charge is -2.24. The van der Waals surface area contributed by atoms with Gasteiger partial charge in [0.2, 0.25) is 0 Å². The molecule has 0 amide bonds. The van der Waals surface area contributed by atoms with Crippen LogP contribution in [-0.4, -0.2) is 14.5 Å². The summed E-state index contributed by atoms with van der Waals surface area (Å²) in [6.45, 7) is 4.76. The number of aromatic nitrogens is 3. The predicted octanol–water partition coefficient (Wildman–Crippen LogP) is 15.2. The summed E-state index contributed by atoms with van der Waals surface area (Å²) in [5, 5.41) is 2.46. The number of benzene rings is 8. The Morgan fingerprint density at radius 3 is 1.78 bits per heavy atom. The second-order valence-electron chi connectivity index (χ2n) is 16.2. The molecule has 5 heteroatoms. The van der Waals surface area contributed by atoms with Crippen LogP contribution in [0.1, 0.15) is 25.0 Å². The van der Waals surface area contributed by atoms with Crippen molar-refractivity contribution < 1.29 is 0 Å². The minimum Gasteiger partial charge on any atom is -0.309 e. The predicted molar refractivity (Wildman–Crippen MR) is 250 cm³/mol. The lowest BCUT2D eigenvalue weighted by molar-refractivity contribution is 0.657. The molecule has 0 spiro atoms. The van der Waals surface area contributed by atoms with Gasteiger partial charge in [-0.3, -0.25) is 0 Å². The second kappa shape index (κ2) is 13.7. The van der Waals surface area contributed by atoms with Crippen molar-refractivity contribution >= 4 is 45.3 Å². The van der Waals surface area contributed by atoms with Gasteiger partial charge in [0.05, 0.1) is 22.4 Å².